The third kappa shape index (κ3) is 1.92. The summed E-state index contributed by atoms with van der Waals surface area (Å²) in [5, 5.41) is 3.62. The Bertz CT molecular complexity index is 294. The Balaban J connectivity index is 1.60. The van der Waals surface area contributed by atoms with Crippen molar-refractivity contribution >= 4 is 0 Å². The van der Waals surface area contributed by atoms with Gasteiger partial charge in [0.2, 0.25) is 0 Å². The molecule has 3 heterocycles. The van der Waals surface area contributed by atoms with Crippen LogP contribution in [0.2, 0.25) is 0 Å². The Morgan fingerprint density at radius 2 is 2.47 bits per heavy atom. The van der Waals surface area contributed by atoms with E-state index >= 15 is 0 Å². The fraction of sp³-hybridized carbons (Fsp3) is 0.727. The van der Waals surface area contributed by atoms with E-state index in [1.807, 2.05) is 6.20 Å². The molecule has 15 heavy (non-hydrogen) atoms. The number of piperidine rings is 1. The second-order valence-electron chi connectivity index (χ2n) is 4.73. The van der Waals surface area contributed by atoms with Crippen molar-refractivity contribution < 1.29 is 0 Å². The number of aromatic nitrogens is 2. The zero-order valence-corrected chi connectivity index (χ0v) is 8.95. The molecule has 82 valence electrons. The molecular formula is C11H18N4. The van der Waals surface area contributed by atoms with E-state index in [9.17, 15) is 0 Å². The highest BCUT2D eigenvalue weighted by molar-refractivity contribution is 4.98. The first-order valence-corrected chi connectivity index (χ1v) is 5.85. The number of nitrogens with zero attached hydrogens (tertiary/aromatic N) is 2. The molecule has 2 fully saturated rings. The molecule has 2 aliphatic heterocycles. The summed E-state index contributed by atoms with van der Waals surface area (Å²) >= 11 is 0. The number of hydrogen-bond donors (Lipinski definition) is 2. The molecule has 0 spiro atoms. The lowest BCUT2D eigenvalue weighted by Crippen LogP contribution is -2.40. The molecule has 0 aromatic carbocycles. The van der Waals surface area contributed by atoms with Crippen molar-refractivity contribution in [2.45, 2.75) is 25.4 Å². The summed E-state index contributed by atoms with van der Waals surface area (Å²) in [6, 6.07) is 0.738. The third-order valence-electron chi connectivity index (χ3n) is 3.62. The van der Waals surface area contributed by atoms with Gasteiger partial charge >= 0.3 is 0 Å². The molecule has 2 saturated heterocycles. The number of likely N-dealkylation sites (tertiary alicyclic amines) is 1. The summed E-state index contributed by atoms with van der Waals surface area (Å²) < 4.78 is 0. The minimum atomic E-state index is 0.738. The van der Waals surface area contributed by atoms with E-state index in [4.69, 9.17) is 0 Å². The SMILES string of the molecule is c1ncc(CN2CC3CCCNC3C2)[nH]1. The van der Waals surface area contributed by atoms with Gasteiger partial charge in [-0.25, -0.2) is 4.98 Å². The van der Waals surface area contributed by atoms with Crippen molar-refractivity contribution in [1.29, 1.82) is 0 Å². The lowest BCUT2D eigenvalue weighted by atomic mass is 9.94. The molecule has 2 unspecified atom stereocenters. The lowest BCUT2D eigenvalue weighted by molar-refractivity contribution is 0.309. The van der Waals surface area contributed by atoms with E-state index in [1.165, 1.54) is 38.2 Å². The molecule has 2 aliphatic rings. The number of aromatic amines is 1. The predicted molar refractivity (Wildman–Crippen MR) is 58.4 cm³/mol. The summed E-state index contributed by atoms with van der Waals surface area (Å²) in [7, 11) is 0. The molecule has 0 bridgehead atoms. The molecule has 4 heteroatoms. The van der Waals surface area contributed by atoms with E-state index in [1.54, 1.807) is 6.33 Å². The first kappa shape index (κ1) is 9.36. The normalized spacial score (nSPS) is 31.7. The van der Waals surface area contributed by atoms with Crippen molar-refractivity contribution in [2.24, 2.45) is 5.92 Å². The van der Waals surface area contributed by atoms with Gasteiger partial charge in [0.1, 0.15) is 0 Å². The van der Waals surface area contributed by atoms with Crippen LogP contribution in [0.15, 0.2) is 12.5 Å². The molecule has 3 rings (SSSR count). The number of nitrogens with one attached hydrogen (secondary N) is 2. The topological polar surface area (TPSA) is 44.0 Å². The molecule has 2 atom stereocenters. The molecule has 2 N–H and O–H groups in total. The fourth-order valence-corrected chi connectivity index (χ4v) is 2.88. The Labute approximate surface area is 90.1 Å². The molecular weight excluding hydrogens is 188 g/mol. The Morgan fingerprint density at radius 3 is 3.27 bits per heavy atom. The fourth-order valence-electron chi connectivity index (χ4n) is 2.88. The van der Waals surface area contributed by atoms with E-state index < -0.39 is 0 Å². The van der Waals surface area contributed by atoms with Gasteiger partial charge in [0.15, 0.2) is 0 Å². The number of H-pyrrole nitrogens is 1. The van der Waals surface area contributed by atoms with E-state index in [-0.39, 0.29) is 0 Å². The quantitative estimate of drug-likeness (QED) is 0.744. The van der Waals surface area contributed by atoms with E-state index in [0.29, 0.717) is 0 Å². The second kappa shape index (κ2) is 3.94. The van der Waals surface area contributed by atoms with Crippen LogP contribution in [0.3, 0.4) is 0 Å². The van der Waals surface area contributed by atoms with Gasteiger partial charge in [0.25, 0.3) is 0 Å². The van der Waals surface area contributed by atoms with Crippen LogP contribution in [0.1, 0.15) is 18.5 Å². The Morgan fingerprint density at radius 1 is 1.47 bits per heavy atom. The van der Waals surface area contributed by atoms with E-state index in [2.05, 4.69) is 20.2 Å². The average molecular weight is 206 g/mol. The highest BCUT2D eigenvalue weighted by Crippen LogP contribution is 2.25. The third-order valence-corrected chi connectivity index (χ3v) is 3.62. The number of hydrogen-bond acceptors (Lipinski definition) is 3. The van der Waals surface area contributed by atoms with Crippen LogP contribution in [0.4, 0.5) is 0 Å². The molecule has 0 saturated carbocycles. The van der Waals surface area contributed by atoms with Gasteiger partial charge in [-0.1, -0.05) is 0 Å². The first-order valence-electron chi connectivity index (χ1n) is 5.85. The van der Waals surface area contributed by atoms with Crippen LogP contribution >= 0.6 is 0 Å². The van der Waals surface area contributed by atoms with Crippen LogP contribution in [0, 0.1) is 5.92 Å². The van der Waals surface area contributed by atoms with Crippen molar-refractivity contribution in [3.8, 4) is 0 Å². The number of rotatable bonds is 2. The summed E-state index contributed by atoms with van der Waals surface area (Å²) in [5.74, 6) is 0.877. The van der Waals surface area contributed by atoms with Gasteiger partial charge in [-0.15, -0.1) is 0 Å². The Kier molecular flexibility index (Phi) is 2.46. The van der Waals surface area contributed by atoms with Crippen molar-refractivity contribution in [2.75, 3.05) is 19.6 Å². The Hall–Kier alpha value is -0.870. The van der Waals surface area contributed by atoms with Crippen molar-refractivity contribution in [3.63, 3.8) is 0 Å². The smallest absolute Gasteiger partial charge is 0.0922 e. The van der Waals surface area contributed by atoms with E-state index in [0.717, 1.165) is 18.5 Å². The van der Waals surface area contributed by atoms with Gasteiger partial charge in [-0.2, -0.15) is 0 Å². The highest BCUT2D eigenvalue weighted by Gasteiger charge is 2.33. The maximum absolute atomic E-state index is 4.06. The molecule has 4 nitrogen and oxygen atoms in total. The molecule has 0 radical (unpaired) electrons. The number of fused-ring (bicyclic) bond motifs is 1. The van der Waals surface area contributed by atoms with Crippen molar-refractivity contribution in [3.05, 3.63) is 18.2 Å². The van der Waals surface area contributed by atoms with Crippen LogP contribution in [-0.4, -0.2) is 40.5 Å². The lowest BCUT2D eigenvalue weighted by Gasteiger charge is -2.24. The van der Waals surface area contributed by atoms with Gasteiger partial charge < -0.3 is 10.3 Å². The van der Waals surface area contributed by atoms with Gasteiger partial charge in [-0.3, -0.25) is 4.90 Å². The van der Waals surface area contributed by atoms with Crippen LogP contribution in [0.5, 0.6) is 0 Å². The maximum Gasteiger partial charge on any atom is 0.0922 e. The van der Waals surface area contributed by atoms with Crippen LogP contribution in [0.25, 0.3) is 0 Å². The molecule has 1 aromatic heterocycles. The number of imidazole rings is 1. The summed E-state index contributed by atoms with van der Waals surface area (Å²) in [6.07, 6.45) is 6.43. The standard InChI is InChI=1S/C11H18N4/c1-2-9-5-15(7-11(9)13-3-1)6-10-4-12-8-14-10/h4,8-9,11,13H,1-3,5-7H2,(H,12,14). The monoisotopic (exact) mass is 206 g/mol. The summed E-state index contributed by atoms with van der Waals surface area (Å²) in [4.78, 5) is 9.76. The molecule has 0 aliphatic carbocycles. The van der Waals surface area contributed by atoms with Crippen molar-refractivity contribution in [1.82, 2.24) is 20.2 Å². The summed E-state index contributed by atoms with van der Waals surface area (Å²) in [6.45, 7) is 4.67. The zero-order chi connectivity index (χ0) is 10.1. The van der Waals surface area contributed by atoms with Gasteiger partial charge in [0.05, 0.1) is 6.33 Å². The predicted octanol–water partition coefficient (Wildman–Crippen LogP) is 0.593. The van der Waals surface area contributed by atoms with Crippen LogP contribution in [-0.2, 0) is 6.54 Å². The minimum absolute atomic E-state index is 0.738. The average Bonchev–Trinajstić information content (AvgIpc) is 2.86. The zero-order valence-electron chi connectivity index (χ0n) is 8.95. The van der Waals surface area contributed by atoms with Gasteiger partial charge in [-0.05, 0) is 25.3 Å². The second-order valence-corrected chi connectivity index (χ2v) is 4.73. The van der Waals surface area contributed by atoms with Crippen LogP contribution < -0.4 is 5.32 Å². The first-order chi connectivity index (χ1) is 7.42. The molecule has 0 amide bonds. The maximum atomic E-state index is 4.06. The highest BCUT2D eigenvalue weighted by atomic mass is 15.2. The summed E-state index contributed by atoms with van der Waals surface area (Å²) in [5.41, 5.74) is 1.23. The van der Waals surface area contributed by atoms with Gasteiger partial charge in [0, 0.05) is 37.6 Å². The minimum Gasteiger partial charge on any atom is -0.347 e. The largest absolute Gasteiger partial charge is 0.347 e. The molecule has 1 aromatic rings.